The summed E-state index contributed by atoms with van der Waals surface area (Å²) in [5.41, 5.74) is 2.13. The van der Waals surface area contributed by atoms with Crippen molar-refractivity contribution in [2.24, 2.45) is 0 Å². The third kappa shape index (κ3) is 2.33. The van der Waals surface area contributed by atoms with Gasteiger partial charge in [-0.05, 0) is 18.4 Å². The molecular weight excluding hydrogens is 204 g/mol. The number of hydrogen-bond donors (Lipinski definition) is 1. The van der Waals surface area contributed by atoms with Crippen LogP contribution in [0.15, 0.2) is 19.0 Å². The van der Waals surface area contributed by atoms with Crippen molar-refractivity contribution in [3.8, 4) is 0 Å². The van der Waals surface area contributed by atoms with Gasteiger partial charge in [-0.2, -0.15) is 5.10 Å². The first-order chi connectivity index (χ1) is 7.76. The Kier molecular flexibility index (Phi) is 3.41. The number of rotatable bonds is 5. The zero-order chi connectivity index (χ0) is 11.4. The van der Waals surface area contributed by atoms with Crippen LogP contribution in [0.3, 0.4) is 0 Å². The second-order valence-corrected chi connectivity index (χ2v) is 4.05. The fourth-order valence-corrected chi connectivity index (χ4v) is 1.95. The number of nitrogens with one attached hydrogen (secondary N) is 1. The Morgan fingerprint density at radius 1 is 1.56 bits per heavy atom. The maximum absolute atomic E-state index is 5.67. The van der Waals surface area contributed by atoms with E-state index in [1.54, 1.807) is 6.20 Å². The van der Waals surface area contributed by atoms with Crippen LogP contribution < -0.4 is 0 Å². The predicted octanol–water partition coefficient (Wildman–Crippen LogP) is 2.36. The summed E-state index contributed by atoms with van der Waals surface area (Å²) in [4.78, 5) is 0. The van der Waals surface area contributed by atoms with Gasteiger partial charge in [0.1, 0.15) is 0 Å². The number of aromatic amines is 1. The van der Waals surface area contributed by atoms with Crippen molar-refractivity contribution < 1.29 is 9.47 Å². The summed E-state index contributed by atoms with van der Waals surface area (Å²) >= 11 is 0. The summed E-state index contributed by atoms with van der Waals surface area (Å²) in [6.07, 6.45) is 6.25. The van der Waals surface area contributed by atoms with E-state index < -0.39 is 0 Å². The van der Waals surface area contributed by atoms with Crippen molar-refractivity contribution in [3.63, 3.8) is 0 Å². The van der Waals surface area contributed by atoms with Crippen LogP contribution in [0.1, 0.15) is 31.7 Å². The molecule has 0 aliphatic carbocycles. The van der Waals surface area contributed by atoms with Gasteiger partial charge in [0, 0.05) is 18.2 Å². The van der Waals surface area contributed by atoms with Gasteiger partial charge in [0.05, 0.1) is 19.4 Å². The Hall–Kier alpha value is -1.13. The highest BCUT2D eigenvalue weighted by Gasteiger charge is 2.34. The summed E-state index contributed by atoms with van der Waals surface area (Å²) in [6.45, 7) is 7.54. The lowest BCUT2D eigenvalue weighted by molar-refractivity contribution is -0.162. The predicted molar refractivity (Wildman–Crippen MR) is 61.8 cm³/mol. The van der Waals surface area contributed by atoms with Gasteiger partial charge in [0.25, 0.3) is 0 Å². The second-order valence-electron chi connectivity index (χ2n) is 4.05. The van der Waals surface area contributed by atoms with Crippen molar-refractivity contribution in [1.29, 1.82) is 0 Å². The fourth-order valence-electron chi connectivity index (χ4n) is 1.95. The van der Waals surface area contributed by atoms with Crippen molar-refractivity contribution >= 4 is 5.57 Å². The zero-order valence-corrected chi connectivity index (χ0v) is 9.66. The minimum atomic E-state index is -0.382. The van der Waals surface area contributed by atoms with Crippen LogP contribution in [-0.2, 0) is 9.47 Å². The molecule has 0 amide bonds. The van der Waals surface area contributed by atoms with Crippen LogP contribution >= 0.6 is 0 Å². The van der Waals surface area contributed by atoms with Gasteiger partial charge in [-0.3, -0.25) is 5.10 Å². The van der Waals surface area contributed by atoms with Crippen molar-refractivity contribution in [3.05, 3.63) is 24.5 Å². The number of hydrogen-bond acceptors (Lipinski definition) is 3. The van der Waals surface area contributed by atoms with Gasteiger partial charge >= 0.3 is 0 Å². The van der Waals surface area contributed by atoms with Crippen LogP contribution in [0.25, 0.3) is 5.57 Å². The average molecular weight is 222 g/mol. The molecule has 0 aromatic carbocycles. The molecule has 0 atom stereocenters. The van der Waals surface area contributed by atoms with Crippen molar-refractivity contribution in [2.45, 2.75) is 32.0 Å². The molecule has 1 saturated heterocycles. The Morgan fingerprint density at radius 2 is 2.31 bits per heavy atom. The molecule has 1 fully saturated rings. The lowest BCUT2D eigenvalue weighted by Crippen LogP contribution is -2.28. The number of allylic oxidation sites excluding steroid dienone is 1. The van der Waals surface area contributed by atoms with E-state index in [4.69, 9.17) is 9.47 Å². The van der Waals surface area contributed by atoms with Gasteiger partial charge in [-0.15, -0.1) is 0 Å². The van der Waals surface area contributed by atoms with Gasteiger partial charge in [-0.1, -0.05) is 13.5 Å². The average Bonchev–Trinajstić information content (AvgIpc) is 2.98. The van der Waals surface area contributed by atoms with E-state index >= 15 is 0 Å². The quantitative estimate of drug-likeness (QED) is 0.832. The summed E-state index contributed by atoms with van der Waals surface area (Å²) in [5, 5.41) is 6.70. The fraction of sp³-hybridized carbons (Fsp3) is 0.583. The van der Waals surface area contributed by atoms with Crippen LogP contribution in [0.4, 0.5) is 0 Å². The molecule has 0 saturated carbocycles. The van der Waals surface area contributed by atoms with Crippen molar-refractivity contribution in [1.82, 2.24) is 10.2 Å². The molecule has 1 N–H and O–H groups in total. The molecule has 88 valence electrons. The molecule has 1 aliphatic rings. The summed E-state index contributed by atoms with van der Waals surface area (Å²) in [6, 6.07) is 0. The lowest BCUT2D eigenvalue weighted by atomic mass is 10.0. The number of aromatic nitrogens is 2. The Labute approximate surface area is 95.6 Å². The van der Waals surface area contributed by atoms with E-state index in [0.717, 1.165) is 30.4 Å². The molecule has 0 spiro atoms. The minimum Gasteiger partial charge on any atom is -0.348 e. The smallest absolute Gasteiger partial charge is 0.168 e. The summed E-state index contributed by atoms with van der Waals surface area (Å²) in [5.74, 6) is -0.382. The summed E-state index contributed by atoms with van der Waals surface area (Å²) in [7, 11) is 0. The van der Waals surface area contributed by atoms with Crippen LogP contribution in [-0.4, -0.2) is 29.2 Å². The molecule has 4 heteroatoms. The largest absolute Gasteiger partial charge is 0.348 e. The first-order valence-corrected chi connectivity index (χ1v) is 5.70. The van der Waals surface area contributed by atoms with Crippen molar-refractivity contribution in [2.75, 3.05) is 13.2 Å². The minimum absolute atomic E-state index is 0.382. The molecule has 4 nitrogen and oxygen atoms in total. The van der Waals surface area contributed by atoms with E-state index in [1.165, 1.54) is 0 Å². The molecule has 0 unspecified atom stereocenters. The molecular formula is C12H18N2O2. The molecule has 2 heterocycles. The highest BCUT2D eigenvalue weighted by atomic mass is 16.7. The number of ether oxygens (including phenoxy) is 2. The van der Waals surface area contributed by atoms with E-state index in [2.05, 4.69) is 23.7 Å². The van der Waals surface area contributed by atoms with Crippen LogP contribution in [0, 0.1) is 0 Å². The molecule has 2 rings (SSSR count). The standard InChI is InChI=1S/C12H18N2O2/c1-3-12(15-6-7-16-12)5-4-10(2)11-8-13-14-9-11/h8-9H,2-7H2,1H3,(H,13,14). The van der Waals surface area contributed by atoms with E-state index in [0.29, 0.717) is 13.2 Å². The topological polar surface area (TPSA) is 47.1 Å². The molecule has 1 aliphatic heterocycles. The van der Waals surface area contributed by atoms with E-state index in [-0.39, 0.29) is 5.79 Å². The monoisotopic (exact) mass is 222 g/mol. The van der Waals surface area contributed by atoms with Crippen LogP contribution in [0.5, 0.6) is 0 Å². The Bertz CT molecular complexity index is 340. The Balaban J connectivity index is 1.89. The first kappa shape index (κ1) is 11.4. The maximum atomic E-state index is 5.67. The third-order valence-electron chi connectivity index (χ3n) is 3.07. The van der Waals surface area contributed by atoms with Gasteiger partial charge in [0.2, 0.25) is 0 Å². The summed E-state index contributed by atoms with van der Waals surface area (Å²) < 4.78 is 11.3. The zero-order valence-electron chi connectivity index (χ0n) is 9.66. The SMILES string of the molecule is C=C(CCC1(CC)OCCO1)c1cn[nH]c1. The van der Waals surface area contributed by atoms with Gasteiger partial charge in [0.15, 0.2) is 5.79 Å². The number of nitrogens with zero attached hydrogens (tertiary/aromatic N) is 1. The lowest BCUT2D eigenvalue weighted by Gasteiger charge is -2.26. The van der Waals surface area contributed by atoms with Gasteiger partial charge < -0.3 is 9.47 Å². The van der Waals surface area contributed by atoms with E-state index in [9.17, 15) is 0 Å². The normalized spacial score (nSPS) is 18.8. The second kappa shape index (κ2) is 4.80. The maximum Gasteiger partial charge on any atom is 0.168 e. The molecule has 16 heavy (non-hydrogen) atoms. The highest BCUT2D eigenvalue weighted by Crippen LogP contribution is 2.31. The Morgan fingerprint density at radius 3 is 2.88 bits per heavy atom. The highest BCUT2D eigenvalue weighted by molar-refractivity contribution is 5.61. The number of H-pyrrole nitrogens is 1. The van der Waals surface area contributed by atoms with E-state index in [1.807, 2.05) is 6.20 Å². The molecule has 0 bridgehead atoms. The molecule has 1 aromatic heterocycles. The first-order valence-electron chi connectivity index (χ1n) is 5.70. The van der Waals surface area contributed by atoms with Gasteiger partial charge in [-0.25, -0.2) is 0 Å². The molecule has 1 aromatic rings. The third-order valence-corrected chi connectivity index (χ3v) is 3.07. The van der Waals surface area contributed by atoms with Crippen LogP contribution in [0.2, 0.25) is 0 Å². The molecule has 0 radical (unpaired) electrons.